The molecule has 3 N–H and O–H groups in total. The molecule has 0 aliphatic heterocycles. The number of aromatic hydroxyl groups is 1. The maximum Gasteiger partial charge on any atom is 0.255 e. The summed E-state index contributed by atoms with van der Waals surface area (Å²) in [5.41, 5.74) is 2.40. The fraction of sp³-hybridized carbons (Fsp3) is 0.267. The van der Waals surface area contributed by atoms with E-state index < -0.39 is 10.8 Å². The van der Waals surface area contributed by atoms with Gasteiger partial charge in [0.2, 0.25) is 11.8 Å². The van der Waals surface area contributed by atoms with Gasteiger partial charge in [-0.05, 0) is 44.0 Å². The molecule has 1 atom stereocenters. The monoisotopic (exact) mass is 319 g/mol. The second kappa shape index (κ2) is 6.65. The lowest BCUT2D eigenvalue weighted by atomic mass is 10.1. The van der Waals surface area contributed by atoms with Crippen LogP contribution < -0.4 is 10.9 Å². The SMILES string of the molecule is Cc1cc(C)cc(NC(=O)C(C)Sc2nc(O)cc(=O)[nH]2)c1. The first kappa shape index (κ1) is 16.1. The number of amides is 1. The third-order valence-corrected chi connectivity index (χ3v) is 3.84. The first-order valence-electron chi connectivity index (χ1n) is 6.69. The van der Waals surface area contributed by atoms with Crippen LogP contribution in [0.15, 0.2) is 34.2 Å². The Morgan fingerprint density at radius 1 is 1.27 bits per heavy atom. The maximum atomic E-state index is 12.2. The molecule has 0 aliphatic rings. The molecular weight excluding hydrogens is 302 g/mol. The number of rotatable bonds is 4. The normalized spacial score (nSPS) is 12.0. The van der Waals surface area contributed by atoms with Crippen LogP contribution in [-0.2, 0) is 4.79 Å². The largest absolute Gasteiger partial charge is 0.493 e. The van der Waals surface area contributed by atoms with E-state index in [1.807, 2.05) is 32.0 Å². The molecule has 1 aromatic heterocycles. The topological polar surface area (TPSA) is 95.1 Å². The predicted molar refractivity (Wildman–Crippen MR) is 86.4 cm³/mol. The highest BCUT2D eigenvalue weighted by Crippen LogP contribution is 2.21. The van der Waals surface area contributed by atoms with Crippen molar-refractivity contribution in [3.8, 4) is 5.88 Å². The van der Waals surface area contributed by atoms with Gasteiger partial charge in [0.25, 0.3) is 5.56 Å². The summed E-state index contributed by atoms with van der Waals surface area (Å²) in [5, 5.41) is 11.8. The van der Waals surface area contributed by atoms with Crippen LogP contribution >= 0.6 is 11.8 Å². The Labute approximate surface area is 132 Å². The number of benzene rings is 1. The van der Waals surface area contributed by atoms with E-state index >= 15 is 0 Å². The number of carbonyl (C=O) groups is 1. The fourth-order valence-electron chi connectivity index (χ4n) is 1.99. The van der Waals surface area contributed by atoms with Crippen molar-refractivity contribution >= 4 is 23.4 Å². The Morgan fingerprint density at radius 3 is 2.50 bits per heavy atom. The number of nitrogens with zero attached hydrogens (tertiary/aromatic N) is 1. The lowest BCUT2D eigenvalue weighted by Crippen LogP contribution is -2.23. The van der Waals surface area contributed by atoms with Gasteiger partial charge in [-0.15, -0.1) is 0 Å². The van der Waals surface area contributed by atoms with Crippen molar-refractivity contribution in [2.75, 3.05) is 5.32 Å². The highest BCUT2D eigenvalue weighted by Gasteiger charge is 2.16. The van der Waals surface area contributed by atoms with Crippen molar-refractivity contribution in [3.63, 3.8) is 0 Å². The first-order valence-corrected chi connectivity index (χ1v) is 7.57. The van der Waals surface area contributed by atoms with Crippen molar-refractivity contribution in [1.82, 2.24) is 9.97 Å². The summed E-state index contributed by atoms with van der Waals surface area (Å²) >= 11 is 1.07. The molecule has 0 spiro atoms. The first-order chi connectivity index (χ1) is 10.3. The van der Waals surface area contributed by atoms with Crippen molar-refractivity contribution in [3.05, 3.63) is 45.7 Å². The molecule has 2 aromatic rings. The molecule has 6 nitrogen and oxygen atoms in total. The zero-order valence-electron chi connectivity index (χ0n) is 12.5. The Balaban J connectivity index is 2.07. The number of anilines is 1. The lowest BCUT2D eigenvalue weighted by molar-refractivity contribution is -0.115. The molecule has 1 amide bonds. The van der Waals surface area contributed by atoms with Crippen LogP contribution in [-0.4, -0.2) is 26.2 Å². The summed E-state index contributed by atoms with van der Waals surface area (Å²) in [5.74, 6) is -0.575. The molecular formula is C15H17N3O3S. The number of nitrogens with one attached hydrogen (secondary N) is 2. The number of aromatic amines is 1. The van der Waals surface area contributed by atoms with Crippen molar-refractivity contribution in [2.45, 2.75) is 31.2 Å². The van der Waals surface area contributed by atoms with Gasteiger partial charge in [0.1, 0.15) is 0 Å². The molecule has 0 radical (unpaired) electrons. The standard InChI is InChI=1S/C15H17N3O3S/c1-8-4-9(2)6-11(5-8)16-14(21)10(3)22-15-17-12(19)7-13(20)18-15/h4-7,10H,1-3H3,(H,16,21)(H2,17,18,19,20). The number of hydrogen-bond donors (Lipinski definition) is 3. The summed E-state index contributed by atoms with van der Waals surface area (Å²) in [7, 11) is 0. The van der Waals surface area contributed by atoms with Crippen LogP contribution in [0.25, 0.3) is 0 Å². The molecule has 22 heavy (non-hydrogen) atoms. The van der Waals surface area contributed by atoms with Gasteiger partial charge >= 0.3 is 0 Å². The van der Waals surface area contributed by atoms with Gasteiger partial charge in [-0.3, -0.25) is 9.59 Å². The molecule has 0 aliphatic carbocycles. The molecule has 1 unspecified atom stereocenters. The van der Waals surface area contributed by atoms with Gasteiger partial charge in [0.05, 0.1) is 11.3 Å². The molecule has 2 rings (SSSR count). The fourth-order valence-corrected chi connectivity index (χ4v) is 2.80. The lowest BCUT2D eigenvalue weighted by Gasteiger charge is -2.12. The van der Waals surface area contributed by atoms with Gasteiger partial charge in [-0.25, -0.2) is 0 Å². The number of carbonyl (C=O) groups excluding carboxylic acids is 1. The Bertz CT molecular complexity index is 738. The highest BCUT2D eigenvalue weighted by molar-refractivity contribution is 8.00. The molecule has 0 bridgehead atoms. The zero-order valence-corrected chi connectivity index (χ0v) is 13.3. The average molecular weight is 319 g/mol. The molecule has 0 saturated carbocycles. The summed E-state index contributed by atoms with van der Waals surface area (Å²) in [6, 6.07) is 6.77. The molecule has 0 saturated heterocycles. The number of aryl methyl sites for hydroxylation is 2. The van der Waals surface area contributed by atoms with E-state index in [0.717, 1.165) is 34.6 Å². The Morgan fingerprint density at radius 2 is 1.91 bits per heavy atom. The van der Waals surface area contributed by atoms with Crippen LogP contribution in [0.1, 0.15) is 18.1 Å². The molecule has 7 heteroatoms. The van der Waals surface area contributed by atoms with Gasteiger partial charge < -0.3 is 15.4 Å². The molecule has 1 aromatic carbocycles. The van der Waals surface area contributed by atoms with E-state index in [9.17, 15) is 14.7 Å². The maximum absolute atomic E-state index is 12.2. The van der Waals surface area contributed by atoms with Crippen molar-refractivity contribution < 1.29 is 9.90 Å². The van der Waals surface area contributed by atoms with Crippen molar-refractivity contribution in [2.24, 2.45) is 0 Å². The summed E-state index contributed by atoms with van der Waals surface area (Å²) in [6.45, 7) is 5.62. The number of thioether (sulfide) groups is 1. The van der Waals surface area contributed by atoms with Gasteiger partial charge in [-0.1, -0.05) is 17.8 Å². The molecule has 1 heterocycles. The highest BCUT2D eigenvalue weighted by atomic mass is 32.2. The minimum atomic E-state index is -0.481. The van der Waals surface area contributed by atoms with E-state index in [0.29, 0.717) is 0 Å². The van der Waals surface area contributed by atoms with Crippen LogP contribution in [0.2, 0.25) is 0 Å². The van der Waals surface area contributed by atoms with Crippen LogP contribution in [0, 0.1) is 13.8 Å². The van der Waals surface area contributed by atoms with E-state index in [2.05, 4.69) is 15.3 Å². The number of H-pyrrole nitrogens is 1. The van der Waals surface area contributed by atoms with Gasteiger partial charge in [-0.2, -0.15) is 4.98 Å². The summed E-state index contributed by atoms with van der Waals surface area (Å²) in [4.78, 5) is 29.7. The van der Waals surface area contributed by atoms with E-state index in [4.69, 9.17) is 0 Å². The zero-order chi connectivity index (χ0) is 16.3. The van der Waals surface area contributed by atoms with E-state index in [1.165, 1.54) is 0 Å². The second-order valence-corrected chi connectivity index (χ2v) is 6.36. The third-order valence-electron chi connectivity index (χ3n) is 2.85. The minimum absolute atomic E-state index is 0.202. The van der Waals surface area contributed by atoms with Crippen LogP contribution in [0.4, 0.5) is 5.69 Å². The average Bonchev–Trinajstić information content (AvgIpc) is 2.35. The third kappa shape index (κ3) is 4.36. The quantitative estimate of drug-likeness (QED) is 0.593. The van der Waals surface area contributed by atoms with Gasteiger partial charge in [0.15, 0.2) is 5.16 Å². The van der Waals surface area contributed by atoms with Crippen LogP contribution in [0.3, 0.4) is 0 Å². The van der Waals surface area contributed by atoms with Crippen LogP contribution in [0.5, 0.6) is 5.88 Å². The van der Waals surface area contributed by atoms with Crippen molar-refractivity contribution in [1.29, 1.82) is 0 Å². The Hall–Kier alpha value is -2.28. The minimum Gasteiger partial charge on any atom is -0.493 e. The summed E-state index contributed by atoms with van der Waals surface area (Å²) in [6.07, 6.45) is 0. The smallest absolute Gasteiger partial charge is 0.255 e. The molecule has 116 valence electrons. The summed E-state index contributed by atoms with van der Waals surface area (Å²) < 4.78 is 0. The Kier molecular flexibility index (Phi) is 4.87. The predicted octanol–water partition coefficient (Wildman–Crippen LogP) is 2.21. The number of aromatic nitrogens is 2. The number of hydrogen-bond acceptors (Lipinski definition) is 5. The van der Waals surface area contributed by atoms with E-state index in [1.54, 1.807) is 6.92 Å². The van der Waals surface area contributed by atoms with Gasteiger partial charge in [0, 0.05) is 5.69 Å². The van der Waals surface area contributed by atoms with E-state index in [-0.39, 0.29) is 16.9 Å². The second-order valence-electron chi connectivity index (χ2n) is 5.03. The molecule has 0 fully saturated rings.